The molecule has 0 aromatic carbocycles. The maximum absolute atomic E-state index is 12.0. The van der Waals surface area contributed by atoms with E-state index in [9.17, 15) is 14.4 Å². The molecule has 1 saturated heterocycles. The zero-order chi connectivity index (χ0) is 14.4. The summed E-state index contributed by atoms with van der Waals surface area (Å²) in [5.74, 6) is -1.29. The third-order valence-electron chi connectivity index (χ3n) is 2.95. The van der Waals surface area contributed by atoms with E-state index in [0.29, 0.717) is 13.1 Å². The fourth-order valence-electron chi connectivity index (χ4n) is 2.11. The maximum Gasteiger partial charge on any atom is 0.332 e. The first-order valence-electron chi connectivity index (χ1n) is 6.43. The van der Waals surface area contributed by atoms with Gasteiger partial charge in [-0.1, -0.05) is 0 Å². The Kier molecular flexibility index (Phi) is 5.75. The second-order valence-corrected chi connectivity index (χ2v) is 4.55. The number of hydrogen-bond donors (Lipinski definition) is 2. The van der Waals surface area contributed by atoms with Crippen molar-refractivity contribution in [1.29, 1.82) is 0 Å². The second-order valence-electron chi connectivity index (χ2n) is 4.55. The number of nitrogens with two attached hydrogens (primary N) is 1. The Morgan fingerprint density at radius 1 is 1.47 bits per heavy atom. The molecular weight excluding hydrogens is 250 g/mol. The number of likely N-dealkylation sites (tertiary alicyclic amines) is 1. The van der Waals surface area contributed by atoms with Gasteiger partial charge in [0.15, 0.2) is 6.04 Å². The molecule has 0 spiro atoms. The van der Waals surface area contributed by atoms with Gasteiger partial charge in [0.05, 0.1) is 6.61 Å². The van der Waals surface area contributed by atoms with Crippen molar-refractivity contribution < 1.29 is 19.1 Å². The summed E-state index contributed by atoms with van der Waals surface area (Å²) in [7, 11) is 0. The fraction of sp³-hybridized carbons (Fsp3) is 0.750. The van der Waals surface area contributed by atoms with E-state index >= 15 is 0 Å². The molecule has 1 aliphatic heterocycles. The lowest BCUT2D eigenvalue weighted by atomic mass is 10.0. The second kappa shape index (κ2) is 7.08. The molecule has 0 radical (unpaired) electrons. The SMILES string of the molecule is CCOC(=O)C(N)C(=O)N1CCCC(NC(C)=O)C1. The van der Waals surface area contributed by atoms with Gasteiger partial charge < -0.3 is 20.7 Å². The molecule has 0 saturated carbocycles. The van der Waals surface area contributed by atoms with Crippen LogP contribution in [0.3, 0.4) is 0 Å². The van der Waals surface area contributed by atoms with Gasteiger partial charge in [0.1, 0.15) is 0 Å². The first-order valence-corrected chi connectivity index (χ1v) is 6.43. The quantitative estimate of drug-likeness (QED) is 0.504. The van der Waals surface area contributed by atoms with Crippen molar-refractivity contribution in [3.63, 3.8) is 0 Å². The highest BCUT2D eigenvalue weighted by Crippen LogP contribution is 2.11. The maximum atomic E-state index is 12.0. The van der Waals surface area contributed by atoms with Gasteiger partial charge in [0.25, 0.3) is 5.91 Å². The van der Waals surface area contributed by atoms with Crippen LogP contribution < -0.4 is 11.1 Å². The molecule has 2 unspecified atom stereocenters. The molecule has 3 N–H and O–H groups in total. The molecule has 1 aliphatic rings. The zero-order valence-electron chi connectivity index (χ0n) is 11.3. The predicted octanol–water partition coefficient (Wildman–Crippen LogP) is -0.996. The van der Waals surface area contributed by atoms with E-state index in [2.05, 4.69) is 5.32 Å². The van der Waals surface area contributed by atoms with E-state index in [1.54, 1.807) is 6.92 Å². The lowest BCUT2D eigenvalue weighted by Crippen LogP contribution is -2.55. The highest BCUT2D eigenvalue weighted by molar-refractivity contribution is 6.01. The number of rotatable bonds is 4. The Balaban J connectivity index is 2.56. The van der Waals surface area contributed by atoms with Crippen molar-refractivity contribution in [2.45, 2.75) is 38.8 Å². The average molecular weight is 271 g/mol. The number of ether oxygens (including phenoxy) is 1. The molecule has 1 fully saturated rings. The van der Waals surface area contributed by atoms with Gasteiger partial charge in [-0.05, 0) is 19.8 Å². The van der Waals surface area contributed by atoms with Crippen LogP contribution in [0.25, 0.3) is 0 Å². The number of carbonyl (C=O) groups is 3. The smallest absolute Gasteiger partial charge is 0.332 e. The minimum absolute atomic E-state index is 0.0791. The fourth-order valence-corrected chi connectivity index (χ4v) is 2.11. The van der Waals surface area contributed by atoms with Gasteiger partial charge in [-0.3, -0.25) is 9.59 Å². The Morgan fingerprint density at radius 2 is 2.16 bits per heavy atom. The molecular formula is C12H21N3O4. The first kappa shape index (κ1) is 15.4. The largest absolute Gasteiger partial charge is 0.464 e. The molecule has 1 heterocycles. The number of piperidine rings is 1. The van der Waals surface area contributed by atoms with Crippen LogP contribution in [0.5, 0.6) is 0 Å². The molecule has 1 rings (SSSR count). The molecule has 2 amide bonds. The van der Waals surface area contributed by atoms with Gasteiger partial charge >= 0.3 is 5.97 Å². The molecule has 19 heavy (non-hydrogen) atoms. The third-order valence-corrected chi connectivity index (χ3v) is 2.95. The van der Waals surface area contributed by atoms with Crippen molar-refractivity contribution >= 4 is 17.8 Å². The number of amides is 2. The molecule has 2 atom stereocenters. The summed E-state index contributed by atoms with van der Waals surface area (Å²) in [6.45, 7) is 4.20. The monoisotopic (exact) mass is 271 g/mol. The van der Waals surface area contributed by atoms with Crippen LogP contribution in [0.1, 0.15) is 26.7 Å². The van der Waals surface area contributed by atoms with Crippen LogP contribution in [-0.4, -0.2) is 54.5 Å². The average Bonchev–Trinajstić information content (AvgIpc) is 2.36. The molecule has 7 nitrogen and oxygen atoms in total. The summed E-state index contributed by atoms with van der Waals surface area (Å²) in [6.07, 6.45) is 1.59. The van der Waals surface area contributed by atoms with E-state index < -0.39 is 17.9 Å². The van der Waals surface area contributed by atoms with Gasteiger partial charge in [-0.25, -0.2) is 4.79 Å². The van der Waals surface area contributed by atoms with E-state index in [1.807, 2.05) is 0 Å². The summed E-state index contributed by atoms with van der Waals surface area (Å²) in [4.78, 5) is 36.0. The minimum Gasteiger partial charge on any atom is -0.464 e. The number of nitrogens with one attached hydrogen (secondary N) is 1. The number of nitrogens with zero attached hydrogens (tertiary/aromatic N) is 1. The Labute approximate surface area is 112 Å². The van der Waals surface area contributed by atoms with Crippen molar-refractivity contribution in [3.8, 4) is 0 Å². The van der Waals surface area contributed by atoms with Crippen LogP contribution in [0, 0.1) is 0 Å². The molecule has 7 heteroatoms. The summed E-state index contributed by atoms with van der Waals surface area (Å²) in [5.41, 5.74) is 5.57. The number of hydrogen-bond acceptors (Lipinski definition) is 5. The summed E-state index contributed by atoms with van der Waals surface area (Å²) >= 11 is 0. The normalized spacial score (nSPS) is 20.6. The van der Waals surface area contributed by atoms with E-state index in [1.165, 1.54) is 11.8 Å². The highest BCUT2D eigenvalue weighted by Gasteiger charge is 2.31. The number of carbonyl (C=O) groups excluding carboxylic acids is 3. The molecule has 0 bridgehead atoms. The summed E-state index contributed by atoms with van der Waals surface area (Å²) < 4.78 is 4.73. The van der Waals surface area contributed by atoms with Gasteiger partial charge in [0.2, 0.25) is 5.91 Å². The van der Waals surface area contributed by atoms with Crippen LogP contribution >= 0.6 is 0 Å². The topological polar surface area (TPSA) is 102 Å². The number of esters is 1. The van der Waals surface area contributed by atoms with E-state index in [-0.39, 0.29) is 18.6 Å². The van der Waals surface area contributed by atoms with Gasteiger partial charge in [0, 0.05) is 26.1 Å². The van der Waals surface area contributed by atoms with Crippen molar-refractivity contribution in [1.82, 2.24) is 10.2 Å². The predicted molar refractivity (Wildman–Crippen MR) is 68.0 cm³/mol. The van der Waals surface area contributed by atoms with Crippen molar-refractivity contribution in [3.05, 3.63) is 0 Å². The van der Waals surface area contributed by atoms with Gasteiger partial charge in [-0.2, -0.15) is 0 Å². The molecule has 0 aliphatic carbocycles. The van der Waals surface area contributed by atoms with Crippen molar-refractivity contribution in [2.24, 2.45) is 5.73 Å². The lowest BCUT2D eigenvalue weighted by molar-refractivity contribution is -0.151. The molecule has 108 valence electrons. The zero-order valence-corrected chi connectivity index (χ0v) is 11.3. The lowest BCUT2D eigenvalue weighted by Gasteiger charge is -2.34. The van der Waals surface area contributed by atoms with Crippen LogP contribution in [0.4, 0.5) is 0 Å². The van der Waals surface area contributed by atoms with Crippen LogP contribution in [0.15, 0.2) is 0 Å². The summed E-state index contributed by atoms with van der Waals surface area (Å²) in [6, 6.07) is -1.36. The minimum atomic E-state index is -1.28. The summed E-state index contributed by atoms with van der Waals surface area (Å²) in [5, 5.41) is 2.77. The Bertz CT molecular complexity index is 359. The van der Waals surface area contributed by atoms with Crippen molar-refractivity contribution in [2.75, 3.05) is 19.7 Å². The van der Waals surface area contributed by atoms with Crippen LogP contribution in [0.2, 0.25) is 0 Å². The standard InChI is InChI=1S/C12H21N3O4/c1-3-19-12(18)10(13)11(17)15-6-4-5-9(7-15)14-8(2)16/h9-10H,3-7,13H2,1-2H3,(H,14,16). The van der Waals surface area contributed by atoms with Crippen LogP contribution in [-0.2, 0) is 19.1 Å². The van der Waals surface area contributed by atoms with E-state index in [0.717, 1.165) is 12.8 Å². The van der Waals surface area contributed by atoms with E-state index in [4.69, 9.17) is 10.5 Å². The molecule has 0 aromatic heterocycles. The Hall–Kier alpha value is -1.63. The third kappa shape index (κ3) is 4.51. The van der Waals surface area contributed by atoms with Gasteiger partial charge in [-0.15, -0.1) is 0 Å². The first-order chi connectivity index (χ1) is 8.95. The molecule has 0 aromatic rings. The highest BCUT2D eigenvalue weighted by atomic mass is 16.5. The Morgan fingerprint density at radius 3 is 2.74 bits per heavy atom.